The molecule has 3 amide bonds. The van der Waals surface area contributed by atoms with Gasteiger partial charge in [0.2, 0.25) is 5.91 Å². The number of nitriles is 1. The molecule has 0 aliphatic carbocycles. The molecule has 35 heavy (non-hydrogen) atoms. The molecule has 1 aromatic heterocycles. The Morgan fingerprint density at radius 2 is 1.91 bits per heavy atom. The van der Waals surface area contributed by atoms with Crippen LogP contribution in [0.25, 0.3) is 0 Å². The van der Waals surface area contributed by atoms with E-state index in [0.29, 0.717) is 61.2 Å². The van der Waals surface area contributed by atoms with Crippen molar-refractivity contribution in [1.82, 2.24) is 15.2 Å². The predicted octanol–water partition coefficient (Wildman–Crippen LogP) is 0.790. The first-order valence-electron chi connectivity index (χ1n) is 11.4. The van der Waals surface area contributed by atoms with E-state index in [1.54, 1.807) is 34.1 Å². The second kappa shape index (κ2) is 9.60. The van der Waals surface area contributed by atoms with E-state index in [0.717, 1.165) is 12.1 Å². The summed E-state index contributed by atoms with van der Waals surface area (Å²) in [6.45, 7) is 1.69. The van der Waals surface area contributed by atoms with Crippen molar-refractivity contribution in [2.75, 3.05) is 43.1 Å². The Labute approximate surface area is 201 Å². The maximum absolute atomic E-state index is 12.8. The average molecular weight is 476 g/mol. The lowest BCUT2D eigenvalue weighted by atomic mass is 10.0. The number of amides is 3. The van der Waals surface area contributed by atoms with Crippen molar-refractivity contribution in [1.29, 1.82) is 5.26 Å². The molecule has 3 aliphatic heterocycles. The number of carbonyl (C=O) groups is 3. The molecule has 0 spiro atoms. The summed E-state index contributed by atoms with van der Waals surface area (Å²) in [6.07, 6.45) is 1.11. The third kappa shape index (κ3) is 4.88. The van der Waals surface area contributed by atoms with Crippen LogP contribution in [0.2, 0.25) is 0 Å². The molecule has 1 saturated heterocycles. The number of nitrogens with zero attached hydrogens (tertiary/aromatic N) is 4. The average Bonchev–Trinajstić information content (AvgIpc) is 2.87. The van der Waals surface area contributed by atoms with Crippen LogP contribution in [0, 0.1) is 11.3 Å². The number of likely N-dealkylation sites (tertiary alicyclic amines) is 1. The molecule has 2 N–H and O–H groups in total. The van der Waals surface area contributed by atoms with E-state index in [1.807, 2.05) is 6.07 Å². The molecular weight excluding hydrogens is 452 g/mol. The van der Waals surface area contributed by atoms with Crippen molar-refractivity contribution in [2.45, 2.75) is 25.4 Å². The molecule has 3 aliphatic rings. The van der Waals surface area contributed by atoms with Gasteiger partial charge in [-0.15, -0.1) is 0 Å². The molecule has 1 aromatic carbocycles. The number of rotatable bonds is 6. The first-order valence-corrected chi connectivity index (χ1v) is 11.4. The summed E-state index contributed by atoms with van der Waals surface area (Å²) >= 11 is 0. The molecule has 180 valence electrons. The Morgan fingerprint density at radius 1 is 1.09 bits per heavy atom. The van der Waals surface area contributed by atoms with E-state index in [4.69, 9.17) is 9.47 Å². The number of hydrogen-bond donors (Lipinski definition) is 2. The van der Waals surface area contributed by atoms with Crippen LogP contribution in [0.4, 0.5) is 11.5 Å². The van der Waals surface area contributed by atoms with Gasteiger partial charge in [-0.2, -0.15) is 5.26 Å². The summed E-state index contributed by atoms with van der Waals surface area (Å²) in [4.78, 5) is 44.5. The van der Waals surface area contributed by atoms with Crippen LogP contribution in [0.3, 0.4) is 0 Å². The Bertz CT molecular complexity index is 1230. The predicted molar refractivity (Wildman–Crippen MR) is 124 cm³/mol. The number of pyridine rings is 1. The second-order valence-electron chi connectivity index (χ2n) is 8.57. The monoisotopic (exact) mass is 476 g/mol. The topological polar surface area (TPSA) is 137 Å². The van der Waals surface area contributed by atoms with Crippen LogP contribution in [-0.4, -0.2) is 66.5 Å². The fraction of sp³-hybridized carbons (Fsp3) is 0.375. The van der Waals surface area contributed by atoms with Crippen molar-refractivity contribution in [3.8, 4) is 17.6 Å². The van der Waals surface area contributed by atoms with Gasteiger partial charge in [0.05, 0.1) is 23.0 Å². The molecule has 0 bridgehead atoms. The Morgan fingerprint density at radius 3 is 2.74 bits per heavy atom. The lowest BCUT2D eigenvalue weighted by molar-refractivity contribution is -0.134. The van der Waals surface area contributed by atoms with Gasteiger partial charge in [-0.3, -0.25) is 14.4 Å². The molecule has 5 rings (SSSR count). The molecule has 1 fully saturated rings. The highest BCUT2D eigenvalue weighted by molar-refractivity contribution is 5.98. The summed E-state index contributed by atoms with van der Waals surface area (Å²) < 4.78 is 10.8. The summed E-state index contributed by atoms with van der Waals surface area (Å²) in [6, 6.07) is 10.7. The molecule has 1 atom stereocenters. The standard InChI is InChI=1S/C24H24N6O5/c25-11-15-1-3-19-18(9-15)30(23(33)14-35-19)8-7-29-6-5-16(10-22(29)32)26-12-17-2-4-20-24(27-17)28-21(31)13-34-20/h1-4,9,16,26H,5-8,10,12-14H2,(H,27,28,31). The normalized spacial score (nSPS) is 19.2. The smallest absolute Gasteiger partial charge is 0.265 e. The van der Waals surface area contributed by atoms with Crippen molar-refractivity contribution >= 4 is 29.2 Å². The zero-order valence-corrected chi connectivity index (χ0v) is 19.0. The highest BCUT2D eigenvalue weighted by Crippen LogP contribution is 2.33. The van der Waals surface area contributed by atoms with Gasteiger partial charge in [0.25, 0.3) is 11.8 Å². The Balaban J connectivity index is 1.14. The number of fused-ring (bicyclic) bond motifs is 2. The first-order chi connectivity index (χ1) is 17.0. The highest BCUT2D eigenvalue weighted by atomic mass is 16.5. The lowest BCUT2D eigenvalue weighted by Gasteiger charge is -2.35. The summed E-state index contributed by atoms with van der Waals surface area (Å²) in [5, 5.41) is 15.2. The zero-order chi connectivity index (χ0) is 24.4. The molecule has 1 unspecified atom stereocenters. The van der Waals surface area contributed by atoms with E-state index in [1.165, 1.54) is 0 Å². The van der Waals surface area contributed by atoms with Crippen LogP contribution in [0.1, 0.15) is 24.1 Å². The van der Waals surface area contributed by atoms with Crippen molar-refractivity contribution in [2.24, 2.45) is 0 Å². The van der Waals surface area contributed by atoms with Crippen LogP contribution >= 0.6 is 0 Å². The van der Waals surface area contributed by atoms with Gasteiger partial charge in [0, 0.05) is 38.6 Å². The van der Waals surface area contributed by atoms with Gasteiger partial charge in [0.15, 0.2) is 24.8 Å². The largest absolute Gasteiger partial charge is 0.482 e. The van der Waals surface area contributed by atoms with Gasteiger partial charge in [-0.1, -0.05) is 0 Å². The molecular formula is C24H24N6O5. The van der Waals surface area contributed by atoms with Gasteiger partial charge >= 0.3 is 0 Å². The van der Waals surface area contributed by atoms with Crippen LogP contribution in [0.15, 0.2) is 30.3 Å². The van der Waals surface area contributed by atoms with E-state index < -0.39 is 0 Å². The van der Waals surface area contributed by atoms with Gasteiger partial charge in [-0.05, 0) is 36.8 Å². The molecule has 11 nitrogen and oxygen atoms in total. The van der Waals surface area contributed by atoms with E-state index in [9.17, 15) is 19.6 Å². The SMILES string of the molecule is N#Cc1ccc2c(c1)N(CCN1CCC(NCc3ccc4c(n3)NC(=O)CO4)CC1=O)C(=O)CO2. The van der Waals surface area contributed by atoms with E-state index in [-0.39, 0.29) is 37.0 Å². The minimum absolute atomic E-state index is 0.00588. The van der Waals surface area contributed by atoms with Gasteiger partial charge < -0.3 is 29.9 Å². The number of carbonyl (C=O) groups excluding carboxylic acids is 3. The molecule has 2 aromatic rings. The third-order valence-corrected chi connectivity index (χ3v) is 6.25. The quantitative estimate of drug-likeness (QED) is 0.624. The number of hydrogen-bond acceptors (Lipinski definition) is 8. The molecule has 0 saturated carbocycles. The second-order valence-corrected chi connectivity index (χ2v) is 8.57. The highest BCUT2D eigenvalue weighted by Gasteiger charge is 2.29. The van der Waals surface area contributed by atoms with Gasteiger partial charge in [0.1, 0.15) is 5.75 Å². The number of piperidine rings is 1. The number of aromatic nitrogens is 1. The minimum Gasteiger partial charge on any atom is -0.482 e. The zero-order valence-electron chi connectivity index (χ0n) is 19.0. The fourth-order valence-electron chi connectivity index (χ4n) is 4.38. The van der Waals surface area contributed by atoms with Crippen molar-refractivity contribution in [3.63, 3.8) is 0 Å². The summed E-state index contributed by atoms with van der Waals surface area (Å²) in [5.74, 6) is 1.09. The van der Waals surface area contributed by atoms with Crippen LogP contribution in [0.5, 0.6) is 11.5 Å². The number of benzene rings is 1. The minimum atomic E-state index is -0.235. The number of ether oxygens (including phenoxy) is 2. The van der Waals surface area contributed by atoms with Crippen molar-refractivity contribution < 1.29 is 23.9 Å². The maximum Gasteiger partial charge on any atom is 0.265 e. The fourth-order valence-corrected chi connectivity index (χ4v) is 4.38. The Kier molecular flexibility index (Phi) is 6.20. The number of anilines is 2. The molecule has 11 heteroatoms. The van der Waals surface area contributed by atoms with E-state index in [2.05, 4.69) is 21.7 Å². The van der Waals surface area contributed by atoms with E-state index >= 15 is 0 Å². The lowest BCUT2D eigenvalue weighted by Crippen LogP contribution is -2.49. The molecule has 0 radical (unpaired) electrons. The number of nitrogens with one attached hydrogen (secondary N) is 2. The third-order valence-electron chi connectivity index (χ3n) is 6.25. The van der Waals surface area contributed by atoms with Crippen LogP contribution in [-0.2, 0) is 20.9 Å². The van der Waals surface area contributed by atoms with Crippen molar-refractivity contribution in [3.05, 3.63) is 41.6 Å². The summed E-state index contributed by atoms with van der Waals surface area (Å²) in [5.41, 5.74) is 1.74. The molecule has 4 heterocycles. The Hall–Kier alpha value is -4.17. The van der Waals surface area contributed by atoms with Gasteiger partial charge in [-0.25, -0.2) is 4.98 Å². The van der Waals surface area contributed by atoms with Crippen LogP contribution < -0.4 is 25.0 Å². The maximum atomic E-state index is 12.8. The first kappa shape index (κ1) is 22.6. The summed E-state index contributed by atoms with van der Waals surface area (Å²) in [7, 11) is 0.